The zero-order valence-corrected chi connectivity index (χ0v) is 16.0. The van der Waals surface area contributed by atoms with Gasteiger partial charge in [0.2, 0.25) is 10.0 Å². The molecule has 0 amide bonds. The van der Waals surface area contributed by atoms with Crippen LogP contribution in [0.4, 0.5) is 4.39 Å². The molecule has 1 heterocycles. The van der Waals surface area contributed by atoms with Gasteiger partial charge < -0.3 is 4.74 Å². The highest BCUT2D eigenvalue weighted by Crippen LogP contribution is 2.21. The average Bonchev–Trinajstić information content (AvgIpc) is 3.24. The Morgan fingerprint density at radius 2 is 1.64 bits per heavy atom. The Bertz CT molecular complexity index is 966. The summed E-state index contributed by atoms with van der Waals surface area (Å²) in [6.07, 6.45) is 1.41. The van der Waals surface area contributed by atoms with Gasteiger partial charge in [-0.15, -0.1) is 0 Å². The first-order valence-electron chi connectivity index (χ1n) is 8.90. The van der Waals surface area contributed by atoms with Gasteiger partial charge in [0, 0.05) is 18.7 Å². The zero-order valence-electron chi connectivity index (χ0n) is 15.1. The van der Waals surface area contributed by atoms with Crippen LogP contribution in [-0.4, -0.2) is 44.2 Å². The third-order valence-corrected chi connectivity index (χ3v) is 6.45. The second-order valence-corrected chi connectivity index (χ2v) is 8.43. The number of hydrogen-bond acceptors (Lipinski definition) is 5. The molecule has 0 saturated carbocycles. The highest BCUT2D eigenvalue weighted by molar-refractivity contribution is 7.89. The Balaban J connectivity index is 1.57. The van der Waals surface area contributed by atoms with Crippen LogP contribution in [0.1, 0.15) is 28.8 Å². The van der Waals surface area contributed by atoms with Crippen molar-refractivity contribution < 1.29 is 27.1 Å². The van der Waals surface area contributed by atoms with E-state index in [4.69, 9.17) is 4.74 Å². The number of nitrogens with zero attached hydrogens (tertiary/aromatic N) is 1. The predicted molar refractivity (Wildman–Crippen MR) is 99.8 cm³/mol. The number of ketones is 1. The summed E-state index contributed by atoms with van der Waals surface area (Å²) in [4.78, 5) is 24.1. The quantitative estimate of drug-likeness (QED) is 0.522. The molecule has 1 aliphatic heterocycles. The molecule has 148 valence electrons. The van der Waals surface area contributed by atoms with Crippen LogP contribution in [0.25, 0.3) is 0 Å². The molecule has 8 heteroatoms. The first kappa shape index (κ1) is 20.2. The van der Waals surface area contributed by atoms with Crippen LogP contribution >= 0.6 is 0 Å². The van der Waals surface area contributed by atoms with Gasteiger partial charge in [0.25, 0.3) is 0 Å². The number of halogens is 1. The van der Waals surface area contributed by atoms with Gasteiger partial charge in [0.15, 0.2) is 12.4 Å². The molecular weight excluding hydrogens is 385 g/mol. The van der Waals surface area contributed by atoms with Crippen LogP contribution in [-0.2, 0) is 26.0 Å². The molecule has 28 heavy (non-hydrogen) atoms. The van der Waals surface area contributed by atoms with E-state index in [1.54, 1.807) is 6.07 Å². The van der Waals surface area contributed by atoms with E-state index in [1.807, 2.05) is 0 Å². The number of carbonyl (C=O) groups is 2. The lowest BCUT2D eigenvalue weighted by Gasteiger charge is -2.15. The maximum absolute atomic E-state index is 13.5. The van der Waals surface area contributed by atoms with Crippen molar-refractivity contribution >= 4 is 21.8 Å². The van der Waals surface area contributed by atoms with E-state index in [0.717, 1.165) is 12.8 Å². The van der Waals surface area contributed by atoms with Gasteiger partial charge in [-0.25, -0.2) is 12.8 Å². The van der Waals surface area contributed by atoms with Crippen LogP contribution in [0.2, 0.25) is 0 Å². The first-order valence-corrected chi connectivity index (χ1v) is 10.3. The Labute approximate surface area is 163 Å². The summed E-state index contributed by atoms with van der Waals surface area (Å²) in [5, 5.41) is 0. The van der Waals surface area contributed by atoms with Crippen molar-refractivity contribution in [3.8, 4) is 0 Å². The standard InChI is InChI=1S/C20H20FNO5S/c21-18-6-2-1-5-16(18)13-20(24)27-14-19(23)15-7-9-17(10-8-15)28(25,26)22-11-3-4-12-22/h1-2,5-10H,3-4,11-14H2. The molecule has 2 aromatic carbocycles. The average molecular weight is 405 g/mol. The fourth-order valence-corrected chi connectivity index (χ4v) is 4.49. The SMILES string of the molecule is O=C(Cc1ccccc1F)OCC(=O)c1ccc(S(=O)(=O)N2CCCC2)cc1. The van der Waals surface area contributed by atoms with E-state index in [9.17, 15) is 22.4 Å². The molecule has 0 aromatic heterocycles. The Morgan fingerprint density at radius 3 is 2.29 bits per heavy atom. The molecule has 0 unspecified atom stereocenters. The minimum absolute atomic E-state index is 0.127. The number of Topliss-reactive ketones (excluding diaryl/α,β-unsaturated/α-hetero) is 1. The number of sulfonamides is 1. The minimum Gasteiger partial charge on any atom is -0.457 e. The van der Waals surface area contributed by atoms with Crippen LogP contribution in [0.5, 0.6) is 0 Å². The largest absolute Gasteiger partial charge is 0.457 e. The normalized spacial score (nSPS) is 14.8. The van der Waals surface area contributed by atoms with Crippen molar-refractivity contribution in [2.75, 3.05) is 19.7 Å². The van der Waals surface area contributed by atoms with Crippen molar-refractivity contribution in [2.24, 2.45) is 0 Å². The van der Waals surface area contributed by atoms with E-state index in [0.29, 0.717) is 13.1 Å². The van der Waals surface area contributed by atoms with Crippen LogP contribution < -0.4 is 0 Å². The number of hydrogen-bond donors (Lipinski definition) is 0. The zero-order chi connectivity index (χ0) is 20.1. The Morgan fingerprint density at radius 1 is 1.00 bits per heavy atom. The highest BCUT2D eigenvalue weighted by atomic mass is 32.2. The van der Waals surface area contributed by atoms with E-state index in [1.165, 1.54) is 46.8 Å². The summed E-state index contributed by atoms with van der Waals surface area (Å²) in [7, 11) is -3.54. The number of ether oxygens (including phenoxy) is 1. The van der Waals surface area contributed by atoms with Gasteiger partial charge in [-0.05, 0) is 48.7 Å². The molecule has 0 spiro atoms. The highest BCUT2D eigenvalue weighted by Gasteiger charge is 2.27. The van der Waals surface area contributed by atoms with Gasteiger partial charge in [-0.2, -0.15) is 4.31 Å². The fourth-order valence-electron chi connectivity index (χ4n) is 2.97. The van der Waals surface area contributed by atoms with E-state index in [2.05, 4.69) is 0 Å². The minimum atomic E-state index is -3.54. The molecule has 6 nitrogen and oxygen atoms in total. The third-order valence-electron chi connectivity index (χ3n) is 4.54. The van der Waals surface area contributed by atoms with Crippen molar-refractivity contribution in [1.82, 2.24) is 4.31 Å². The molecule has 0 aliphatic carbocycles. The topological polar surface area (TPSA) is 80.8 Å². The number of benzene rings is 2. The lowest BCUT2D eigenvalue weighted by Crippen LogP contribution is -2.27. The number of rotatable bonds is 7. The molecule has 0 atom stereocenters. The van der Waals surface area contributed by atoms with Gasteiger partial charge >= 0.3 is 5.97 Å². The molecule has 0 bridgehead atoms. The summed E-state index contributed by atoms with van der Waals surface area (Å²) < 4.78 is 44.8. The van der Waals surface area contributed by atoms with Crippen LogP contribution in [0.15, 0.2) is 53.4 Å². The van der Waals surface area contributed by atoms with Crippen LogP contribution in [0.3, 0.4) is 0 Å². The molecule has 0 radical (unpaired) electrons. The second kappa shape index (κ2) is 8.62. The maximum Gasteiger partial charge on any atom is 0.310 e. The lowest BCUT2D eigenvalue weighted by molar-refractivity contribution is -0.141. The van der Waals surface area contributed by atoms with Crippen molar-refractivity contribution in [3.05, 3.63) is 65.5 Å². The summed E-state index contributed by atoms with van der Waals surface area (Å²) >= 11 is 0. The molecule has 1 fully saturated rings. The summed E-state index contributed by atoms with van der Waals surface area (Å²) in [5.41, 5.74) is 0.426. The van der Waals surface area contributed by atoms with Gasteiger partial charge in [0.05, 0.1) is 11.3 Å². The fraction of sp³-hybridized carbons (Fsp3) is 0.300. The predicted octanol–water partition coefficient (Wildman–Crippen LogP) is 2.58. The van der Waals surface area contributed by atoms with E-state index >= 15 is 0 Å². The summed E-state index contributed by atoms with van der Waals surface area (Å²) in [6, 6.07) is 11.4. The molecule has 0 N–H and O–H groups in total. The molecule has 2 aromatic rings. The van der Waals surface area contributed by atoms with Gasteiger partial charge in [-0.3, -0.25) is 9.59 Å². The van der Waals surface area contributed by atoms with E-state index < -0.39 is 34.2 Å². The maximum atomic E-state index is 13.5. The first-order chi connectivity index (χ1) is 13.4. The molecule has 3 rings (SSSR count). The van der Waals surface area contributed by atoms with Crippen molar-refractivity contribution in [1.29, 1.82) is 0 Å². The molecule has 1 aliphatic rings. The third kappa shape index (κ3) is 4.63. The smallest absolute Gasteiger partial charge is 0.310 e. The van der Waals surface area contributed by atoms with Gasteiger partial charge in [-0.1, -0.05) is 18.2 Å². The summed E-state index contributed by atoms with van der Waals surface area (Å²) in [6.45, 7) is 0.507. The van der Waals surface area contributed by atoms with E-state index in [-0.39, 0.29) is 22.4 Å². The number of carbonyl (C=O) groups excluding carboxylic acids is 2. The van der Waals surface area contributed by atoms with Gasteiger partial charge in [0.1, 0.15) is 5.82 Å². The number of esters is 1. The Kier molecular flexibility index (Phi) is 6.21. The van der Waals surface area contributed by atoms with Crippen molar-refractivity contribution in [2.45, 2.75) is 24.2 Å². The van der Waals surface area contributed by atoms with Crippen LogP contribution in [0, 0.1) is 5.82 Å². The monoisotopic (exact) mass is 405 g/mol. The molecule has 1 saturated heterocycles. The Hall–Kier alpha value is -2.58. The second-order valence-electron chi connectivity index (χ2n) is 6.49. The lowest BCUT2D eigenvalue weighted by atomic mass is 10.1. The molecular formula is C20H20FNO5S. The summed E-state index contributed by atoms with van der Waals surface area (Å²) in [5.74, 6) is -1.70. The van der Waals surface area contributed by atoms with Crippen molar-refractivity contribution in [3.63, 3.8) is 0 Å².